The number of ether oxygens (including phenoxy) is 1. The second-order valence-corrected chi connectivity index (χ2v) is 7.70. The van der Waals surface area contributed by atoms with Gasteiger partial charge < -0.3 is 15.4 Å². The van der Waals surface area contributed by atoms with Gasteiger partial charge in [-0.15, -0.1) is 24.0 Å². The highest BCUT2D eigenvalue weighted by atomic mass is 127. The molecular weight excluding hydrogens is 499 g/mol. The van der Waals surface area contributed by atoms with E-state index in [0.717, 1.165) is 24.0 Å². The molecule has 164 valence electrons. The fourth-order valence-electron chi connectivity index (χ4n) is 3.75. The zero-order valence-electron chi connectivity index (χ0n) is 17.7. The molecule has 2 N–H and O–H groups in total. The highest BCUT2D eigenvalue weighted by Gasteiger charge is 2.34. The number of nitrogens with zero attached hydrogens (tertiary/aromatic N) is 1. The third-order valence-electron chi connectivity index (χ3n) is 5.77. The number of rotatable bonds is 5. The standard InChI is InChI=1S/C23H29F2N3O.HI/c1-16-4-5-18(14-21(16)25)17(2)28-22(26-3)27-15-23(10-12-29-13-11-23)19-6-8-20(24)9-7-19;/h4-9,14,17H,10-13,15H2,1-3H3,(H2,26,27,28);1H. The Kier molecular flexibility index (Phi) is 9.03. The molecule has 30 heavy (non-hydrogen) atoms. The Balaban J connectivity index is 0.00000320. The molecule has 0 bridgehead atoms. The summed E-state index contributed by atoms with van der Waals surface area (Å²) in [5, 5.41) is 6.74. The van der Waals surface area contributed by atoms with Crippen molar-refractivity contribution in [2.24, 2.45) is 4.99 Å². The lowest BCUT2D eigenvalue weighted by molar-refractivity contribution is 0.0513. The van der Waals surface area contributed by atoms with Crippen LogP contribution < -0.4 is 10.6 Å². The molecule has 1 atom stereocenters. The molecule has 1 aliphatic rings. The number of hydrogen-bond donors (Lipinski definition) is 2. The van der Waals surface area contributed by atoms with Gasteiger partial charge in [0.15, 0.2) is 5.96 Å². The van der Waals surface area contributed by atoms with Gasteiger partial charge in [0.2, 0.25) is 0 Å². The molecule has 4 nitrogen and oxygen atoms in total. The van der Waals surface area contributed by atoms with Crippen LogP contribution in [-0.2, 0) is 10.2 Å². The van der Waals surface area contributed by atoms with E-state index in [9.17, 15) is 8.78 Å². The number of aliphatic imine (C=N–C) groups is 1. The number of nitrogens with one attached hydrogen (secondary N) is 2. The Hall–Kier alpha value is -1.74. The lowest BCUT2D eigenvalue weighted by atomic mass is 9.74. The number of hydrogen-bond acceptors (Lipinski definition) is 2. The average molecular weight is 529 g/mol. The molecule has 0 amide bonds. The first-order valence-electron chi connectivity index (χ1n) is 10.0. The van der Waals surface area contributed by atoms with Crippen LogP contribution in [0.5, 0.6) is 0 Å². The summed E-state index contributed by atoms with van der Waals surface area (Å²) in [5.74, 6) is 0.198. The van der Waals surface area contributed by atoms with Gasteiger partial charge in [0, 0.05) is 32.2 Å². The topological polar surface area (TPSA) is 45.7 Å². The summed E-state index contributed by atoms with van der Waals surface area (Å²) in [6, 6.07) is 11.9. The zero-order valence-corrected chi connectivity index (χ0v) is 20.0. The van der Waals surface area contributed by atoms with Crippen LogP contribution >= 0.6 is 24.0 Å². The van der Waals surface area contributed by atoms with Crippen molar-refractivity contribution in [2.45, 2.75) is 38.1 Å². The number of guanidine groups is 1. The van der Waals surface area contributed by atoms with Gasteiger partial charge in [0.25, 0.3) is 0 Å². The quantitative estimate of drug-likeness (QED) is 0.330. The minimum atomic E-state index is -0.236. The molecule has 0 aliphatic carbocycles. The molecule has 2 aromatic carbocycles. The summed E-state index contributed by atoms with van der Waals surface area (Å²) < 4.78 is 32.9. The molecular formula is C23H30F2IN3O. The number of benzene rings is 2. The first-order chi connectivity index (χ1) is 13.9. The maximum Gasteiger partial charge on any atom is 0.191 e. The lowest BCUT2D eigenvalue weighted by Gasteiger charge is -2.38. The predicted octanol–water partition coefficient (Wildman–Crippen LogP) is 4.87. The number of aryl methyl sites for hydroxylation is 1. The maximum absolute atomic E-state index is 13.9. The van der Waals surface area contributed by atoms with E-state index in [4.69, 9.17) is 4.74 Å². The summed E-state index contributed by atoms with van der Waals surface area (Å²) >= 11 is 0. The summed E-state index contributed by atoms with van der Waals surface area (Å²) in [4.78, 5) is 4.33. The summed E-state index contributed by atoms with van der Waals surface area (Å²) in [5.41, 5.74) is 2.43. The van der Waals surface area contributed by atoms with E-state index in [1.54, 1.807) is 26.1 Å². The molecule has 1 fully saturated rings. The van der Waals surface area contributed by atoms with Crippen LogP contribution in [0, 0.1) is 18.6 Å². The van der Waals surface area contributed by atoms with E-state index < -0.39 is 0 Å². The van der Waals surface area contributed by atoms with Gasteiger partial charge in [-0.1, -0.05) is 24.3 Å². The van der Waals surface area contributed by atoms with Gasteiger partial charge in [-0.3, -0.25) is 4.99 Å². The largest absolute Gasteiger partial charge is 0.381 e. The number of halogens is 3. The Morgan fingerprint density at radius 1 is 1.13 bits per heavy atom. The van der Waals surface area contributed by atoms with Gasteiger partial charge in [-0.05, 0) is 61.6 Å². The van der Waals surface area contributed by atoms with Gasteiger partial charge in [0.05, 0.1) is 6.04 Å². The van der Waals surface area contributed by atoms with Crippen molar-refractivity contribution in [3.63, 3.8) is 0 Å². The molecule has 3 rings (SSSR count). The van der Waals surface area contributed by atoms with Crippen LogP contribution in [0.2, 0.25) is 0 Å². The van der Waals surface area contributed by atoms with E-state index >= 15 is 0 Å². The molecule has 0 radical (unpaired) electrons. The Labute approximate surface area is 194 Å². The van der Waals surface area contributed by atoms with Crippen LogP contribution in [0.15, 0.2) is 47.5 Å². The second-order valence-electron chi connectivity index (χ2n) is 7.70. The average Bonchev–Trinajstić information content (AvgIpc) is 2.74. The van der Waals surface area contributed by atoms with Crippen LogP contribution in [0.3, 0.4) is 0 Å². The Morgan fingerprint density at radius 3 is 2.40 bits per heavy atom. The van der Waals surface area contributed by atoms with Crippen LogP contribution in [0.25, 0.3) is 0 Å². The highest BCUT2D eigenvalue weighted by Crippen LogP contribution is 2.34. The van der Waals surface area contributed by atoms with Crippen molar-refractivity contribution in [1.29, 1.82) is 0 Å². The molecule has 0 aromatic heterocycles. The molecule has 1 aliphatic heterocycles. The monoisotopic (exact) mass is 529 g/mol. The van der Waals surface area contributed by atoms with Crippen molar-refractivity contribution in [3.8, 4) is 0 Å². The van der Waals surface area contributed by atoms with Crippen molar-refractivity contribution in [2.75, 3.05) is 26.8 Å². The molecule has 1 heterocycles. The predicted molar refractivity (Wildman–Crippen MR) is 128 cm³/mol. The summed E-state index contributed by atoms with van der Waals surface area (Å²) in [7, 11) is 1.71. The van der Waals surface area contributed by atoms with Crippen LogP contribution in [0.1, 0.15) is 42.5 Å². The van der Waals surface area contributed by atoms with E-state index in [2.05, 4.69) is 15.6 Å². The minimum absolute atomic E-state index is 0. The zero-order chi connectivity index (χ0) is 20.9. The summed E-state index contributed by atoms with van der Waals surface area (Å²) in [6.07, 6.45) is 1.70. The van der Waals surface area contributed by atoms with Gasteiger partial charge >= 0.3 is 0 Å². The second kappa shape index (κ2) is 11.0. The first-order valence-corrected chi connectivity index (χ1v) is 10.0. The Bertz CT molecular complexity index is 852. The highest BCUT2D eigenvalue weighted by molar-refractivity contribution is 14.0. The van der Waals surface area contributed by atoms with Crippen LogP contribution in [0.4, 0.5) is 8.78 Å². The van der Waals surface area contributed by atoms with Crippen molar-refractivity contribution < 1.29 is 13.5 Å². The fraction of sp³-hybridized carbons (Fsp3) is 0.435. The molecule has 0 spiro atoms. The minimum Gasteiger partial charge on any atom is -0.381 e. The molecule has 7 heteroatoms. The lowest BCUT2D eigenvalue weighted by Crippen LogP contribution is -2.48. The van der Waals surface area contributed by atoms with E-state index in [1.807, 2.05) is 25.1 Å². The smallest absolute Gasteiger partial charge is 0.191 e. The normalized spacial score (nSPS) is 17.0. The summed E-state index contributed by atoms with van der Waals surface area (Å²) in [6.45, 7) is 5.71. The SMILES string of the molecule is CN=C(NCC1(c2ccc(F)cc2)CCOCC1)NC(C)c1ccc(C)c(F)c1.I. The van der Waals surface area contributed by atoms with Crippen LogP contribution in [-0.4, -0.2) is 32.8 Å². The third-order valence-corrected chi connectivity index (χ3v) is 5.77. The molecule has 1 saturated heterocycles. The van der Waals surface area contributed by atoms with Gasteiger partial charge in [-0.2, -0.15) is 0 Å². The van der Waals surface area contributed by atoms with Gasteiger partial charge in [0.1, 0.15) is 11.6 Å². The van der Waals surface area contributed by atoms with Crippen molar-refractivity contribution in [3.05, 3.63) is 70.8 Å². The fourth-order valence-corrected chi connectivity index (χ4v) is 3.75. The molecule has 1 unspecified atom stereocenters. The van der Waals surface area contributed by atoms with E-state index in [0.29, 0.717) is 31.3 Å². The van der Waals surface area contributed by atoms with Crippen molar-refractivity contribution in [1.82, 2.24) is 10.6 Å². The molecule has 0 saturated carbocycles. The first kappa shape index (κ1) is 24.5. The van der Waals surface area contributed by atoms with E-state index in [1.165, 1.54) is 12.1 Å². The Morgan fingerprint density at radius 2 is 1.80 bits per heavy atom. The maximum atomic E-state index is 13.9. The van der Waals surface area contributed by atoms with E-state index in [-0.39, 0.29) is 47.1 Å². The van der Waals surface area contributed by atoms with Crippen molar-refractivity contribution >= 4 is 29.9 Å². The van der Waals surface area contributed by atoms with Gasteiger partial charge in [-0.25, -0.2) is 8.78 Å². The third kappa shape index (κ3) is 5.91. The molecule has 2 aromatic rings.